The third kappa shape index (κ3) is 3.92. The molecule has 2 fully saturated rings. The van der Waals surface area contributed by atoms with Crippen LogP contribution in [0.3, 0.4) is 0 Å². The first-order valence-electron chi connectivity index (χ1n) is 9.36. The molecular formula is C21H21N3O4. The number of ether oxygens (including phenoxy) is 2. The lowest BCUT2D eigenvalue weighted by Crippen LogP contribution is -2.50. The summed E-state index contributed by atoms with van der Waals surface area (Å²) in [5.41, 5.74) is 2.24. The first-order valence-corrected chi connectivity index (χ1v) is 9.36. The van der Waals surface area contributed by atoms with Crippen LogP contribution >= 0.6 is 0 Å². The molecule has 0 saturated carbocycles. The third-order valence-electron chi connectivity index (χ3n) is 5.45. The molecule has 1 amide bonds. The summed E-state index contributed by atoms with van der Waals surface area (Å²) in [7, 11) is 0. The average molecular weight is 379 g/mol. The summed E-state index contributed by atoms with van der Waals surface area (Å²) in [6.07, 6.45) is 3.35. The van der Waals surface area contributed by atoms with Gasteiger partial charge in [0.25, 0.3) is 0 Å². The maximum Gasteiger partial charge on any atom is 0.404 e. The second kappa shape index (κ2) is 7.87. The van der Waals surface area contributed by atoms with E-state index in [1.165, 1.54) is 0 Å². The van der Waals surface area contributed by atoms with Crippen molar-refractivity contribution in [3.63, 3.8) is 0 Å². The number of carbonyl (C=O) groups is 1. The number of hydrogen-bond donors (Lipinski definition) is 2. The Hall–Kier alpha value is -3.11. The van der Waals surface area contributed by atoms with Crippen molar-refractivity contribution in [2.24, 2.45) is 5.92 Å². The Morgan fingerprint density at radius 1 is 1.29 bits per heavy atom. The summed E-state index contributed by atoms with van der Waals surface area (Å²) in [6, 6.07) is 13.0. The minimum atomic E-state index is -1.00. The van der Waals surface area contributed by atoms with Crippen LogP contribution in [-0.2, 0) is 4.74 Å². The molecule has 4 rings (SSSR count). The number of nitrogens with one attached hydrogen (secondary N) is 1. The molecule has 2 aliphatic rings. The lowest BCUT2D eigenvalue weighted by atomic mass is 9.90. The van der Waals surface area contributed by atoms with Crippen molar-refractivity contribution in [3.8, 4) is 23.1 Å². The van der Waals surface area contributed by atoms with E-state index in [1.807, 2.05) is 30.3 Å². The van der Waals surface area contributed by atoms with Crippen LogP contribution in [0.25, 0.3) is 11.3 Å². The number of hydrogen-bond acceptors (Lipinski definition) is 5. The Bertz CT molecular complexity index is 876. The molecule has 0 aliphatic carbocycles. The lowest BCUT2D eigenvalue weighted by Gasteiger charge is -2.36. The Morgan fingerprint density at radius 2 is 2.11 bits per heavy atom. The molecule has 144 valence electrons. The fourth-order valence-electron chi connectivity index (χ4n) is 4.03. The molecule has 7 nitrogen and oxygen atoms in total. The van der Waals surface area contributed by atoms with Crippen LogP contribution in [0.4, 0.5) is 4.79 Å². The number of nitrogens with zero attached hydrogens (tertiary/aromatic N) is 2. The maximum atomic E-state index is 11.1. The normalized spacial score (nSPS) is 25.7. The van der Waals surface area contributed by atoms with Crippen molar-refractivity contribution in [3.05, 3.63) is 48.2 Å². The Balaban J connectivity index is 1.41. The van der Waals surface area contributed by atoms with Crippen molar-refractivity contribution in [1.29, 1.82) is 5.26 Å². The van der Waals surface area contributed by atoms with Gasteiger partial charge >= 0.3 is 6.09 Å². The molecule has 28 heavy (non-hydrogen) atoms. The molecule has 2 unspecified atom stereocenters. The molecule has 2 aromatic rings. The molecule has 4 atom stereocenters. The average Bonchev–Trinajstić information content (AvgIpc) is 3.10. The highest BCUT2D eigenvalue weighted by Gasteiger charge is 2.43. The number of rotatable bonds is 5. The van der Waals surface area contributed by atoms with Gasteiger partial charge < -0.3 is 19.9 Å². The number of nitriles is 1. The molecule has 2 aliphatic heterocycles. The van der Waals surface area contributed by atoms with Gasteiger partial charge in [-0.3, -0.25) is 4.98 Å². The van der Waals surface area contributed by atoms with E-state index in [1.54, 1.807) is 12.3 Å². The first-order chi connectivity index (χ1) is 13.6. The second-order valence-electron chi connectivity index (χ2n) is 7.21. The Morgan fingerprint density at radius 3 is 2.79 bits per heavy atom. The van der Waals surface area contributed by atoms with Crippen LogP contribution in [0.1, 0.15) is 24.8 Å². The highest BCUT2D eigenvalue weighted by atomic mass is 16.5. The monoisotopic (exact) mass is 379 g/mol. The van der Waals surface area contributed by atoms with Gasteiger partial charge in [0.05, 0.1) is 30.1 Å². The highest BCUT2D eigenvalue weighted by Crippen LogP contribution is 2.37. The predicted molar refractivity (Wildman–Crippen MR) is 101 cm³/mol. The summed E-state index contributed by atoms with van der Waals surface area (Å²) < 4.78 is 11.9. The topological polar surface area (TPSA) is 104 Å². The largest absolute Gasteiger partial charge is 0.493 e. The molecule has 1 aromatic carbocycles. The lowest BCUT2D eigenvalue weighted by molar-refractivity contribution is -0.0597. The van der Waals surface area contributed by atoms with E-state index in [0.29, 0.717) is 24.3 Å². The number of aromatic nitrogens is 1. The van der Waals surface area contributed by atoms with E-state index in [-0.39, 0.29) is 24.2 Å². The van der Waals surface area contributed by atoms with Gasteiger partial charge in [0.15, 0.2) is 0 Å². The molecule has 0 radical (unpaired) electrons. The van der Waals surface area contributed by atoms with Gasteiger partial charge in [-0.15, -0.1) is 0 Å². The van der Waals surface area contributed by atoms with Gasteiger partial charge in [-0.25, -0.2) is 4.79 Å². The zero-order chi connectivity index (χ0) is 19.5. The SMILES string of the molecule is N#Cc1ccc(-c2ccc(OCC3C(NC(=O)O)C[C@H]4CC[C@@H]3O4)cc2)nc1. The fourth-order valence-corrected chi connectivity index (χ4v) is 4.03. The molecule has 3 heterocycles. The molecule has 2 N–H and O–H groups in total. The Kier molecular flexibility index (Phi) is 5.13. The van der Waals surface area contributed by atoms with Crippen LogP contribution in [0.5, 0.6) is 5.75 Å². The van der Waals surface area contributed by atoms with Gasteiger partial charge in [0, 0.05) is 23.7 Å². The number of amides is 1. The van der Waals surface area contributed by atoms with E-state index < -0.39 is 6.09 Å². The zero-order valence-electron chi connectivity index (χ0n) is 15.2. The van der Waals surface area contributed by atoms with Crippen LogP contribution in [0.15, 0.2) is 42.6 Å². The molecular weight excluding hydrogens is 358 g/mol. The fraction of sp³-hybridized carbons (Fsp3) is 0.381. The van der Waals surface area contributed by atoms with E-state index in [9.17, 15) is 4.79 Å². The highest BCUT2D eigenvalue weighted by molar-refractivity contribution is 5.65. The van der Waals surface area contributed by atoms with Gasteiger partial charge in [0.1, 0.15) is 11.8 Å². The quantitative estimate of drug-likeness (QED) is 0.827. The molecule has 1 aromatic heterocycles. The van der Waals surface area contributed by atoms with Crippen molar-refractivity contribution in [2.45, 2.75) is 37.5 Å². The first kappa shape index (κ1) is 18.3. The van der Waals surface area contributed by atoms with E-state index in [2.05, 4.69) is 16.4 Å². The van der Waals surface area contributed by atoms with Gasteiger partial charge in [-0.1, -0.05) is 0 Å². The van der Waals surface area contributed by atoms with Crippen LogP contribution < -0.4 is 10.1 Å². The van der Waals surface area contributed by atoms with Crippen LogP contribution in [-0.4, -0.2) is 41.0 Å². The Labute approximate surface area is 162 Å². The van der Waals surface area contributed by atoms with Crippen molar-refractivity contribution in [1.82, 2.24) is 10.3 Å². The van der Waals surface area contributed by atoms with Crippen molar-refractivity contribution >= 4 is 6.09 Å². The summed E-state index contributed by atoms with van der Waals surface area (Å²) in [5, 5.41) is 20.6. The summed E-state index contributed by atoms with van der Waals surface area (Å²) >= 11 is 0. The molecule has 0 spiro atoms. The number of carboxylic acid groups (broad SMARTS) is 1. The minimum Gasteiger partial charge on any atom is -0.493 e. The zero-order valence-corrected chi connectivity index (χ0v) is 15.2. The number of fused-ring (bicyclic) bond motifs is 2. The molecule has 2 saturated heterocycles. The van der Waals surface area contributed by atoms with E-state index in [4.69, 9.17) is 19.8 Å². The summed E-state index contributed by atoms with van der Waals surface area (Å²) in [4.78, 5) is 15.4. The van der Waals surface area contributed by atoms with Crippen LogP contribution in [0.2, 0.25) is 0 Å². The smallest absolute Gasteiger partial charge is 0.404 e. The maximum absolute atomic E-state index is 11.1. The van der Waals surface area contributed by atoms with Gasteiger partial charge in [-0.2, -0.15) is 5.26 Å². The minimum absolute atomic E-state index is 0.00489. The van der Waals surface area contributed by atoms with Gasteiger partial charge in [-0.05, 0) is 55.7 Å². The standard InChI is InChI=1S/C21H21N3O4/c22-10-13-1-7-18(23-11-13)14-2-4-15(5-3-14)27-12-17-19(24-21(25)26)9-16-6-8-20(17)28-16/h1-5,7,11,16-17,19-20,24H,6,8-9,12H2,(H,25,26)/t16-,17?,19?,20+/m1/s1. The molecule has 7 heteroatoms. The third-order valence-corrected chi connectivity index (χ3v) is 5.45. The van der Waals surface area contributed by atoms with Crippen molar-refractivity contribution in [2.75, 3.05) is 6.61 Å². The van der Waals surface area contributed by atoms with E-state index in [0.717, 1.165) is 24.1 Å². The summed E-state index contributed by atoms with van der Waals surface area (Å²) in [5.74, 6) is 0.710. The molecule has 2 bridgehead atoms. The van der Waals surface area contributed by atoms with Crippen molar-refractivity contribution < 1.29 is 19.4 Å². The summed E-state index contributed by atoms with van der Waals surface area (Å²) in [6.45, 7) is 0.400. The number of benzene rings is 1. The van der Waals surface area contributed by atoms with Gasteiger partial charge in [0.2, 0.25) is 0 Å². The van der Waals surface area contributed by atoms with E-state index >= 15 is 0 Å². The second-order valence-corrected chi connectivity index (χ2v) is 7.21. The number of pyridine rings is 1. The van der Waals surface area contributed by atoms with Crippen LogP contribution in [0, 0.1) is 17.2 Å². The predicted octanol–water partition coefficient (Wildman–Crippen LogP) is 3.20.